The SMILES string of the molecule is Cc1noc(C)c1CN1CCc2c(C(=O)N[C@@H](C)Cc3cnccn3)csc2C1. The summed E-state index contributed by atoms with van der Waals surface area (Å²) in [6.07, 6.45) is 6.61. The van der Waals surface area contributed by atoms with Crippen LogP contribution in [0.3, 0.4) is 0 Å². The first-order chi connectivity index (χ1) is 14.0. The van der Waals surface area contributed by atoms with E-state index < -0.39 is 0 Å². The van der Waals surface area contributed by atoms with Crippen molar-refractivity contribution < 1.29 is 9.32 Å². The van der Waals surface area contributed by atoms with Gasteiger partial charge in [-0.25, -0.2) is 0 Å². The van der Waals surface area contributed by atoms with Crippen LogP contribution in [-0.4, -0.2) is 38.5 Å². The first kappa shape index (κ1) is 19.7. The van der Waals surface area contributed by atoms with Crippen LogP contribution in [0, 0.1) is 13.8 Å². The van der Waals surface area contributed by atoms with Crippen LogP contribution in [0.5, 0.6) is 0 Å². The number of aromatic nitrogens is 3. The molecule has 29 heavy (non-hydrogen) atoms. The highest BCUT2D eigenvalue weighted by molar-refractivity contribution is 7.10. The molecule has 0 unspecified atom stereocenters. The van der Waals surface area contributed by atoms with Gasteiger partial charge in [0.25, 0.3) is 5.91 Å². The quantitative estimate of drug-likeness (QED) is 0.671. The van der Waals surface area contributed by atoms with Crippen LogP contribution in [-0.2, 0) is 25.9 Å². The molecule has 7 nitrogen and oxygen atoms in total. The minimum Gasteiger partial charge on any atom is -0.361 e. The molecule has 3 aromatic rings. The number of nitrogens with zero attached hydrogens (tertiary/aromatic N) is 4. The van der Waals surface area contributed by atoms with E-state index in [-0.39, 0.29) is 11.9 Å². The fraction of sp³-hybridized carbons (Fsp3) is 0.429. The molecule has 1 atom stereocenters. The molecule has 3 aromatic heterocycles. The van der Waals surface area contributed by atoms with Crippen LogP contribution in [0.4, 0.5) is 0 Å². The number of carbonyl (C=O) groups is 1. The molecule has 1 N–H and O–H groups in total. The predicted molar refractivity (Wildman–Crippen MR) is 111 cm³/mol. The molecule has 4 heterocycles. The first-order valence-corrected chi connectivity index (χ1v) is 10.7. The number of thiophene rings is 1. The van der Waals surface area contributed by atoms with Gasteiger partial charge in [0.2, 0.25) is 0 Å². The highest BCUT2D eigenvalue weighted by Gasteiger charge is 2.25. The number of hydrogen-bond acceptors (Lipinski definition) is 7. The minimum absolute atomic E-state index is 0.00179. The molecule has 1 aliphatic rings. The van der Waals surface area contributed by atoms with Crippen molar-refractivity contribution in [2.75, 3.05) is 6.54 Å². The monoisotopic (exact) mass is 411 g/mol. The second kappa shape index (κ2) is 8.42. The van der Waals surface area contributed by atoms with Gasteiger partial charge in [-0.15, -0.1) is 11.3 Å². The van der Waals surface area contributed by atoms with E-state index in [0.717, 1.165) is 48.8 Å². The van der Waals surface area contributed by atoms with E-state index in [9.17, 15) is 4.79 Å². The first-order valence-electron chi connectivity index (χ1n) is 9.80. The van der Waals surface area contributed by atoms with Crippen LogP contribution < -0.4 is 5.32 Å². The normalized spacial score (nSPS) is 15.1. The fourth-order valence-corrected chi connectivity index (χ4v) is 4.88. The topological polar surface area (TPSA) is 84.2 Å². The molecule has 8 heteroatoms. The van der Waals surface area contributed by atoms with E-state index in [1.165, 1.54) is 16.0 Å². The highest BCUT2D eigenvalue weighted by atomic mass is 32.1. The summed E-state index contributed by atoms with van der Waals surface area (Å²) in [5.41, 5.74) is 5.00. The van der Waals surface area contributed by atoms with E-state index in [1.54, 1.807) is 29.9 Å². The summed E-state index contributed by atoms with van der Waals surface area (Å²) in [4.78, 5) is 24.9. The van der Waals surface area contributed by atoms with Crippen molar-refractivity contribution >= 4 is 17.2 Å². The molecule has 0 spiro atoms. The van der Waals surface area contributed by atoms with E-state index >= 15 is 0 Å². The third-order valence-electron chi connectivity index (χ3n) is 5.34. The molecule has 0 bridgehead atoms. The summed E-state index contributed by atoms with van der Waals surface area (Å²) < 4.78 is 5.29. The van der Waals surface area contributed by atoms with Crippen LogP contribution in [0.2, 0.25) is 0 Å². The maximum absolute atomic E-state index is 12.8. The third kappa shape index (κ3) is 4.38. The molecular weight excluding hydrogens is 386 g/mol. The summed E-state index contributed by atoms with van der Waals surface area (Å²) >= 11 is 1.67. The van der Waals surface area contributed by atoms with Crippen LogP contribution in [0.15, 0.2) is 28.5 Å². The third-order valence-corrected chi connectivity index (χ3v) is 6.36. The maximum atomic E-state index is 12.8. The lowest BCUT2D eigenvalue weighted by atomic mass is 10.0. The van der Waals surface area contributed by atoms with Gasteiger partial charge in [-0.2, -0.15) is 0 Å². The summed E-state index contributed by atoms with van der Waals surface area (Å²) in [5.74, 6) is 0.884. The minimum atomic E-state index is -0.00520. The van der Waals surface area contributed by atoms with Gasteiger partial charge < -0.3 is 9.84 Å². The molecule has 0 radical (unpaired) electrons. The number of amides is 1. The van der Waals surface area contributed by atoms with Crippen molar-refractivity contribution in [2.45, 2.75) is 52.7 Å². The standard InChI is InChI=1S/C21H25N5O2S/c1-13(8-16-9-22-5-6-23-16)24-21(27)19-12-29-20-11-26(7-4-17(19)20)10-18-14(2)25-28-15(18)3/h5-6,9,12-13H,4,7-8,10-11H2,1-3H3,(H,24,27)/t13-/m0/s1. The summed E-state index contributed by atoms with van der Waals surface area (Å²) in [7, 11) is 0. The molecule has 0 aromatic carbocycles. The van der Waals surface area contributed by atoms with Crippen molar-refractivity contribution in [3.8, 4) is 0 Å². The second-order valence-corrected chi connectivity index (χ2v) is 8.55. The molecule has 0 saturated heterocycles. The molecule has 1 aliphatic heterocycles. The second-order valence-electron chi connectivity index (χ2n) is 7.59. The summed E-state index contributed by atoms with van der Waals surface area (Å²) in [6, 6.07) is -0.00520. The fourth-order valence-electron chi connectivity index (χ4n) is 3.76. The average molecular weight is 412 g/mol. The van der Waals surface area contributed by atoms with Gasteiger partial charge in [0, 0.05) is 66.5 Å². The number of nitrogens with one attached hydrogen (secondary N) is 1. The van der Waals surface area contributed by atoms with E-state index in [2.05, 4.69) is 25.3 Å². The van der Waals surface area contributed by atoms with Gasteiger partial charge in [0.15, 0.2) is 0 Å². The van der Waals surface area contributed by atoms with E-state index in [0.29, 0.717) is 6.42 Å². The number of rotatable bonds is 6. The Morgan fingerprint density at radius 3 is 2.97 bits per heavy atom. The molecule has 0 fully saturated rings. The average Bonchev–Trinajstić information content (AvgIpc) is 3.27. The Hall–Kier alpha value is -2.58. The van der Waals surface area contributed by atoms with Crippen LogP contribution in [0.1, 0.15) is 50.4 Å². The van der Waals surface area contributed by atoms with Gasteiger partial charge in [0.1, 0.15) is 5.76 Å². The van der Waals surface area contributed by atoms with Crippen LogP contribution >= 0.6 is 11.3 Å². The van der Waals surface area contributed by atoms with Gasteiger partial charge >= 0.3 is 0 Å². The Morgan fingerprint density at radius 1 is 1.38 bits per heavy atom. The lowest BCUT2D eigenvalue weighted by molar-refractivity contribution is 0.0938. The van der Waals surface area contributed by atoms with Gasteiger partial charge in [-0.1, -0.05) is 5.16 Å². The summed E-state index contributed by atoms with van der Waals surface area (Å²) in [6.45, 7) is 8.54. The molecule has 0 saturated carbocycles. The molecular formula is C21H25N5O2S. The lowest BCUT2D eigenvalue weighted by Gasteiger charge is -2.27. The van der Waals surface area contributed by atoms with Gasteiger partial charge in [-0.05, 0) is 32.8 Å². The smallest absolute Gasteiger partial charge is 0.252 e. The highest BCUT2D eigenvalue weighted by Crippen LogP contribution is 2.30. The van der Waals surface area contributed by atoms with Crippen LogP contribution in [0.25, 0.3) is 0 Å². The lowest BCUT2D eigenvalue weighted by Crippen LogP contribution is -2.35. The Labute approximate surface area is 174 Å². The van der Waals surface area contributed by atoms with Gasteiger partial charge in [0.05, 0.1) is 17.0 Å². The number of fused-ring (bicyclic) bond motifs is 1. The van der Waals surface area contributed by atoms with Crippen molar-refractivity contribution in [1.82, 2.24) is 25.3 Å². The van der Waals surface area contributed by atoms with Gasteiger partial charge in [-0.3, -0.25) is 19.7 Å². The number of carbonyl (C=O) groups excluding carboxylic acids is 1. The Kier molecular flexibility index (Phi) is 5.73. The molecule has 0 aliphatic carbocycles. The Morgan fingerprint density at radius 2 is 2.24 bits per heavy atom. The molecule has 1 amide bonds. The largest absolute Gasteiger partial charge is 0.361 e. The van der Waals surface area contributed by atoms with Crippen molar-refractivity contribution in [2.24, 2.45) is 0 Å². The maximum Gasteiger partial charge on any atom is 0.252 e. The Bertz CT molecular complexity index is 978. The summed E-state index contributed by atoms with van der Waals surface area (Å²) in [5, 5.41) is 9.15. The van der Waals surface area contributed by atoms with Crippen molar-refractivity contribution in [3.63, 3.8) is 0 Å². The zero-order chi connectivity index (χ0) is 20.4. The molecule has 4 rings (SSSR count). The zero-order valence-electron chi connectivity index (χ0n) is 16.9. The number of hydrogen-bond donors (Lipinski definition) is 1. The van der Waals surface area contributed by atoms with E-state index in [4.69, 9.17) is 4.52 Å². The van der Waals surface area contributed by atoms with E-state index in [1.807, 2.05) is 26.2 Å². The number of aryl methyl sites for hydroxylation is 2. The molecule has 152 valence electrons. The van der Waals surface area contributed by atoms with Crippen molar-refractivity contribution in [1.29, 1.82) is 0 Å². The van der Waals surface area contributed by atoms with Crippen molar-refractivity contribution in [3.05, 3.63) is 62.7 Å². The Balaban J connectivity index is 1.39. The predicted octanol–water partition coefficient (Wildman–Crippen LogP) is 3.06. The zero-order valence-corrected chi connectivity index (χ0v) is 17.8.